The third-order valence-electron chi connectivity index (χ3n) is 5.33. The van der Waals surface area contributed by atoms with Crippen LogP contribution in [0.5, 0.6) is 0 Å². The number of allylic oxidation sites excluding steroid dienone is 1. The molecule has 0 atom stereocenters. The molecule has 0 aliphatic carbocycles. The van der Waals surface area contributed by atoms with Crippen LogP contribution in [0.1, 0.15) is 32.3 Å². The zero-order chi connectivity index (χ0) is 18.5. The summed E-state index contributed by atoms with van der Waals surface area (Å²) in [5.74, 6) is 0. The van der Waals surface area contributed by atoms with E-state index in [4.69, 9.17) is 0 Å². The average Bonchev–Trinajstić information content (AvgIpc) is 3.21. The van der Waals surface area contributed by atoms with Crippen molar-refractivity contribution in [3.63, 3.8) is 0 Å². The standard InChI is InChI=1S/C24H19IS2/c1-3-14(4-2)9-15-5-7-21-17(10-15)19-12-24-20(13-23(19)26-21)18-11-16(25)6-8-22(18)27-24/h5-13H,3-4H2,1-2H3. The second kappa shape index (κ2) is 6.87. The highest BCUT2D eigenvalue weighted by Gasteiger charge is 2.11. The van der Waals surface area contributed by atoms with E-state index < -0.39 is 0 Å². The van der Waals surface area contributed by atoms with Gasteiger partial charge in [0.2, 0.25) is 0 Å². The van der Waals surface area contributed by atoms with E-state index in [1.807, 2.05) is 22.7 Å². The van der Waals surface area contributed by atoms with Crippen LogP contribution in [-0.2, 0) is 0 Å². The number of fused-ring (bicyclic) bond motifs is 6. The van der Waals surface area contributed by atoms with Crippen LogP contribution in [0.25, 0.3) is 46.4 Å². The van der Waals surface area contributed by atoms with Gasteiger partial charge in [0.15, 0.2) is 0 Å². The summed E-state index contributed by atoms with van der Waals surface area (Å²) in [4.78, 5) is 0. The Morgan fingerprint density at radius 3 is 1.93 bits per heavy atom. The van der Waals surface area contributed by atoms with Crippen molar-refractivity contribution < 1.29 is 0 Å². The molecule has 0 nitrogen and oxygen atoms in total. The lowest BCUT2D eigenvalue weighted by Gasteiger charge is -2.01. The van der Waals surface area contributed by atoms with Crippen molar-refractivity contribution in [2.75, 3.05) is 0 Å². The first kappa shape index (κ1) is 17.7. The highest BCUT2D eigenvalue weighted by atomic mass is 127. The monoisotopic (exact) mass is 498 g/mol. The Balaban J connectivity index is 1.78. The summed E-state index contributed by atoms with van der Waals surface area (Å²) in [5, 5.41) is 5.57. The molecular weight excluding hydrogens is 479 g/mol. The van der Waals surface area contributed by atoms with Gasteiger partial charge in [-0.25, -0.2) is 0 Å². The zero-order valence-electron chi connectivity index (χ0n) is 15.3. The molecule has 0 N–H and O–H groups in total. The third-order valence-corrected chi connectivity index (χ3v) is 8.26. The minimum atomic E-state index is 1.13. The lowest BCUT2D eigenvalue weighted by Crippen LogP contribution is -1.79. The van der Waals surface area contributed by atoms with Crippen LogP contribution in [0.4, 0.5) is 0 Å². The molecule has 27 heavy (non-hydrogen) atoms. The van der Waals surface area contributed by atoms with Crippen molar-refractivity contribution in [3.05, 3.63) is 63.2 Å². The highest BCUT2D eigenvalue weighted by Crippen LogP contribution is 2.42. The van der Waals surface area contributed by atoms with E-state index in [9.17, 15) is 0 Å². The van der Waals surface area contributed by atoms with Gasteiger partial charge in [-0.2, -0.15) is 0 Å². The molecule has 0 radical (unpaired) electrons. The topological polar surface area (TPSA) is 0 Å². The minimum absolute atomic E-state index is 1.13. The Kier molecular flexibility index (Phi) is 4.49. The first-order chi connectivity index (χ1) is 13.2. The molecule has 2 aromatic heterocycles. The maximum atomic E-state index is 2.41. The number of hydrogen-bond acceptors (Lipinski definition) is 2. The molecule has 0 spiro atoms. The molecule has 0 amide bonds. The van der Waals surface area contributed by atoms with Gasteiger partial charge < -0.3 is 0 Å². The van der Waals surface area contributed by atoms with Crippen LogP contribution in [0.3, 0.4) is 0 Å². The van der Waals surface area contributed by atoms with Crippen molar-refractivity contribution >= 4 is 91.7 Å². The van der Waals surface area contributed by atoms with Gasteiger partial charge in [0.05, 0.1) is 0 Å². The predicted molar refractivity (Wildman–Crippen MR) is 133 cm³/mol. The predicted octanol–water partition coefficient (Wildman–Crippen LogP) is 9.23. The molecule has 3 heteroatoms. The van der Waals surface area contributed by atoms with Gasteiger partial charge in [0.25, 0.3) is 0 Å². The molecular formula is C24H19IS2. The summed E-state index contributed by atoms with van der Waals surface area (Å²) in [6.07, 6.45) is 4.61. The van der Waals surface area contributed by atoms with Crippen molar-refractivity contribution in [2.45, 2.75) is 26.7 Å². The van der Waals surface area contributed by atoms with E-state index in [0.717, 1.165) is 12.8 Å². The zero-order valence-corrected chi connectivity index (χ0v) is 19.1. The number of thiophene rings is 2. The van der Waals surface area contributed by atoms with Crippen LogP contribution >= 0.6 is 45.3 Å². The molecule has 3 aromatic carbocycles. The lowest BCUT2D eigenvalue weighted by molar-refractivity contribution is 0.990. The molecule has 0 bridgehead atoms. The van der Waals surface area contributed by atoms with Crippen LogP contribution in [-0.4, -0.2) is 0 Å². The summed E-state index contributed by atoms with van der Waals surface area (Å²) >= 11 is 6.23. The van der Waals surface area contributed by atoms with Gasteiger partial charge in [-0.3, -0.25) is 0 Å². The van der Waals surface area contributed by atoms with E-state index in [1.54, 1.807) is 0 Å². The first-order valence-electron chi connectivity index (χ1n) is 9.33. The Morgan fingerprint density at radius 2 is 1.30 bits per heavy atom. The maximum Gasteiger partial charge on any atom is 0.0362 e. The number of hydrogen-bond donors (Lipinski definition) is 0. The van der Waals surface area contributed by atoms with Gasteiger partial charge in [-0.15, -0.1) is 22.7 Å². The average molecular weight is 498 g/mol. The Bertz CT molecular complexity index is 1350. The van der Waals surface area contributed by atoms with Crippen molar-refractivity contribution in [3.8, 4) is 0 Å². The number of rotatable bonds is 3. The second-order valence-corrected chi connectivity index (χ2v) is 10.4. The summed E-state index contributed by atoms with van der Waals surface area (Å²) < 4.78 is 6.85. The van der Waals surface area contributed by atoms with Crippen molar-refractivity contribution in [2.24, 2.45) is 0 Å². The Morgan fingerprint density at radius 1 is 0.741 bits per heavy atom. The molecule has 0 aliphatic rings. The largest absolute Gasteiger partial charge is 0.135 e. The van der Waals surface area contributed by atoms with Gasteiger partial charge in [-0.05, 0) is 83.5 Å². The highest BCUT2D eigenvalue weighted by molar-refractivity contribution is 14.1. The van der Waals surface area contributed by atoms with Crippen molar-refractivity contribution in [1.82, 2.24) is 0 Å². The SMILES string of the molecule is CCC(=Cc1ccc2sc3cc4c(cc3c2c1)sc1ccc(I)cc14)CC. The first-order valence-corrected chi connectivity index (χ1v) is 12.0. The minimum Gasteiger partial charge on any atom is -0.135 e. The lowest BCUT2D eigenvalue weighted by atomic mass is 10.0. The third kappa shape index (κ3) is 3.00. The Hall–Kier alpha value is -1.43. The van der Waals surface area contributed by atoms with E-state index in [1.165, 1.54) is 55.1 Å². The molecule has 2 heterocycles. The van der Waals surface area contributed by atoms with Crippen molar-refractivity contribution in [1.29, 1.82) is 0 Å². The quantitative estimate of drug-likeness (QED) is 0.218. The van der Waals surface area contributed by atoms with Gasteiger partial charge in [0.1, 0.15) is 0 Å². The van der Waals surface area contributed by atoms with Crippen LogP contribution in [0.15, 0.2) is 54.1 Å². The molecule has 0 saturated carbocycles. The summed E-state index contributed by atoms with van der Waals surface area (Å²) in [6.45, 7) is 4.49. The fraction of sp³-hybridized carbons (Fsp3) is 0.167. The number of halogens is 1. The molecule has 5 rings (SSSR count). The smallest absolute Gasteiger partial charge is 0.0362 e. The maximum absolute atomic E-state index is 2.41. The molecule has 0 aliphatic heterocycles. The molecule has 0 saturated heterocycles. The summed E-state index contributed by atoms with van der Waals surface area (Å²) in [5.41, 5.74) is 2.84. The van der Waals surface area contributed by atoms with Gasteiger partial charge >= 0.3 is 0 Å². The van der Waals surface area contributed by atoms with Crippen LogP contribution in [0, 0.1) is 3.57 Å². The van der Waals surface area contributed by atoms with E-state index in [-0.39, 0.29) is 0 Å². The fourth-order valence-corrected chi connectivity index (χ4v) is 6.52. The van der Waals surface area contributed by atoms with Gasteiger partial charge in [-0.1, -0.05) is 31.6 Å². The number of benzene rings is 3. The molecule has 0 unspecified atom stereocenters. The van der Waals surface area contributed by atoms with Crippen LogP contribution < -0.4 is 0 Å². The van der Waals surface area contributed by atoms with Gasteiger partial charge in [0, 0.05) is 43.9 Å². The van der Waals surface area contributed by atoms with E-state index in [0.29, 0.717) is 0 Å². The van der Waals surface area contributed by atoms with E-state index >= 15 is 0 Å². The summed E-state index contributed by atoms with van der Waals surface area (Å²) in [7, 11) is 0. The molecule has 0 fully saturated rings. The van der Waals surface area contributed by atoms with Crippen LogP contribution in [0.2, 0.25) is 0 Å². The summed E-state index contributed by atoms with van der Waals surface area (Å²) in [6, 6.07) is 18.5. The molecule has 134 valence electrons. The molecule has 5 aromatic rings. The normalized spacial score (nSPS) is 11.8. The Labute approximate surface area is 180 Å². The van der Waals surface area contributed by atoms with E-state index in [2.05, 4.69) is 91.0 Å². The fourth-order valence-electron chi connectivity index (χ4n) is 3.82. The second-order valence-electron chi connectivity index (χ2n) is 6.95.